The van der Waals surface area contributed by atoms with Gasteiger partial charge >= 0.3 is 0 Å². The molecule has 0 fully saturated rings. The predicted molar refractivity (Wildman–Crippen MR) is 45.8 cm³/mol. The molecule has 0 bridgehead atoms. The minimum Gasteiger partial charge on any atom is -0.385 e. The molecule has 65 valence electrons. The van der Waals surface area contributed by atoms with Crippen molar-refractivity contribution in [3.05, 3.63) is 41.8 Å². The highest BCUT2D eigenvalue weighted by Crippen LogP contribution is 2.20. The molecular formula is C10H12FO. The maximum absolute atomic E-state index is 12.7. The van der Waals surface area contributed by atoms with Gasteiger partial charge in [0.05, 0.1) is 0 Å². The lowest BCUT2D eigenvalue weighted by Gasteiger charge is -2.09. The van der Waals surface area contributed by atoms with Crippen molar-refractivity contribution in [1.82, 2.24) is 0 Å². The van der Waals surface area contributed by atoms with E-state index in [-0.39, 0.29) is 5.82 Å². The normalized spacial score (nSPS) is 10.8. The van der Waals surface area contributed by atoms with Crippen molar-refractivity contribution in [2.45, 2.75) is 19.8 Å². The van der Waals surface area contributed by atoms with Crippen LogP contribution in [0.2, 0.25) is 0 Å². The monoisotopic (exact) mass is 167 g/mol. The molecule has 0 amide bonds. The average Bonchev–Trinajstić information content (AvgIpc) is 2.03. The van der Waals surface area contributed by atoms with Crippen LogP contribution in [0, 0.1) is 12.4 Å². The van der Waals surface area contributed by atoms with Crippen molar-refractivity contribution in [1.29, 1.82) is 0 Å². The molecule has 12 heavy (non-hydrogen) atoms. The first-order chi connectivity index (χ1) is 5.65. The zero-order chi connectivity index (χ0) is 9.14. The van der Waals surface area contributed by atoms with Crippen LogP contribution in [-0.2, 0) is 0 Å². The summed E-state index contributed by atoms with van der Waals surface area (Å²) in [6.07, 6.45) is 0. The van der Waals surface area contributed by atoms with Crippen LogP contribution in [-0.4, -0.2) is 5.11 Å². The Morgan fingerprint density at radius 3 is 2.58 bits per heavy atom. The lowest BCUT2D eigenvalue weighted by Crippen LogP contribution is -1.95. The molecular weight excluding hydrogens is 155 g/mol. The van der Waals surface area contributed by atoms with E-state index >= 15 is 0 Å². The summed E-state index contributed by atoms with van der Waals surface area (Å²) in [4.78, 5) is 0. The van der Waals surface area contributed by atoms with Crippen LogP contribution in [0.4, 0.5) is 4.39 Å². The van der Waals surface area contributed by atoms with E-state index in [9.17, 15) is 4.39 Å². The van der Waals surface area contributed by atoms with Gasteiger partial charge in [0.25, 0.3) is 0 Å². The van der Waals surface area contributed by atoms with Crippen LogP contribution in [0.1, 0.15) is 30.9 Å². The summed E-state index contributed by atoms with van der Waals surface area (Å²) in [7, 11) is 0. The Morgan fingerprint density at radius 1 is 1.42 bits per heavy atom. The highest BCUT2D eigenvalue weighted by Gasteiger charge is 2.06. The van der Waals surface area contributed by atoms with Crippen LogP contribution in [0.3, 0.4) is 0 Å². The predicted octanol–water partition coefficient (Wildman–Crippen LogP) is 2.83. The molecule has 1 radical (unpaired) electrons. The van der Waals surface area contributed by atoms with Gasteiger partial charge < -0.3 is 5.11 Å². The molecule has 1 aromatic rings. The number of hydrogen-bond donors (Lipinski definition) is 1. The topological polar surface area (TPSA) is 20.2 Å². The van der Waals surface area contributed by atoms with Gasteiger partial charge in [0.15, 0.2) is 0 Å². The van der Waals surface area contributed by atoms with Gasteiger partial charge in [-0.15, -0.1) is 0 Å². The molecule has 0 aromatic heterocycles. The fourth-order valence-electron chi connectivity index (χ4n) is 1.18. The molecule has 0 atom stereocenters. The lowest BCUT2D eigenvalue weighted by molar-refractivity contribution is 0.412. The van der Waals surface area contributed by atoms with E-state index in [4.69, 9.17) is 5.11 Å². The summed E-state index contributed by atoms with van der Waals surface area (Å²) >= 11 is 0. The lowest BCUT2D eigenvalue weighted by atomic mass is 9.98. The quantitative estimate of drug-likeness (QED) is 0.718. The van der Waals surface area contributed by atoms with E-state index in [1.165, 1.54) is 12.1 Å². The van der Waals surface area contributed by atoms with Gasteiger partial charge in [0, 0.05) is 0 Å². The number of halogens is 1. The van der Waals surface area contributed by atoms with E-state index in [0.717, 1.165) is 12.2 Å². The Morgan fingerprint density at radius 2 is 2.08 bits per heavy atom. The molecule has 0 aliphatic heterocycles. The summed E-state index contributed by atoms with van der Waals surface area (Å²) in [6, 6.07) is 4.43. The van der Waals surface area contributed by atoms with E-state index in [0.29, 0.717) is 11.5 Å². The molecule has 0 saturated carbocycles. The summed E-state index contributed by atoms with van der Waals surface area (Å²) in [5, 5.41) is 8.80. The number of aliphatic hydroxyl groups is 1. The van der Waals surface area contributed by atoms with Crippen LogP contribution in [0.15, 0.2) is 18.2 Å². The van der Waals surface area contributed by atoms with Crippen LogP contribution < -0.4 is 0 Å². The Balaban J connectivity index is 3.11. The van der Waals surface area contributed by atoms with Gasteiger partial charge in [-0.1, -0.05) is 19.9 Å². The Kier molecular flexibility index (Phi) is 2.82. The van der Waals surface area contributed by atoms with Gasteiger partial charge in [-0.05, 0) is 29.2 Å². The number of benzene rings is 1. The van der Waals surface area contributed by atoms with Crippen molar-refractivity contribution >= 4 is 0 Å². The fourth-order valence-corrected chi connectivity index (χ4v) is 1.18. The number of aliphatic hydroxyl groups excluding tert-OH is 1. The van der Waals surface area contributed by atoms with Crippen molar-refractivity contribution < 1.29 is 9.50 Å². The fraction of sp³-hybridized carbons (Fsp3) is 0.300. The van der Waals surface area contributed by atoms with E-state index < -0.39 is 0 Å². The standard InChI is InChI=1S/C10H12FO/c1-7(2)10-4-3-9(11)5-8(10)6-12/h3-7,12H,1-2H3. The van der Waals surface area contributed by atoms with Crippen LogP contribution in [0.25, 0.3) is 0 Å². The zero-order valence-corrected chi connectivity index (χ0v) is 7.21. The van der Waals surface area contributed by atoms with Gasteiger partial charge in [-0.2, -0.15) is 0 Å². The van der Waals surface area contributed by atoms with Crippen LogP contribution in [0.5, 0.6) is 0 Å². The van der Waals surface area contributed by atoms with Gasteiger partial charge in [-0.3, -0.25) is 0 Å². The number of rotatable bonds is 2. The minimum atomic E-state index is -0.320. The molecule has 2 heteroatoms. The van der Waals surface area contributed by atoms with Crippen molar-refractivity contribution in [3.8, 4) is 0 Å². The molecule has 0 spiro atoms. The highest BCUT2D eigenvalue weighted by molar-refractivity contribution is 5.33. The van der Waals surface area contributed by atoms with E-state index in [2.05, 4.69) is 0 Å². The average molecular weight is 167 g/mol. The summed E-state index contributed by atoms with van der Waals surface area (Å²) in [5.74, 6) is -0.0244. The Hall–Kier alpha value is -0.890. The summed E-state index contributed by atoms with van der Waals surface area (Å²) in [5.41, 5.74) is 1.52. The summed E-state index contributed by atoms with van der Waals surface area (Å²) in [6.45, 7) is 4.94. The molecule has 0 unspecified atom stereocenters. The van der Waals surface area contributed by atoms with E-state index in [1.54, 1.807) is 6.07 Å². The Bertz CT molecular complexity index is 269. The van der Waals surface area contributed by atoms with Crippen LogP contribution >= 0.6 is 0 Å². The summed E-state index contributed by atoms with van der Waals surface area (Å²) < 4.78 is 12.7. The molecule has 0 aliphatic carbocycles. The zero-order valence-electron chi connectivity index (χ0n) is 7.21. The van der Waals surface area contributed by atoms with Crippen molar-refractivity contribution in [2.75, 3.05) is 0 Å². The highest BCUT2D eigenvalue weighted by atomic mass is 19.1. The second-order valence-electron chi connectivity index (χ2n) is 3.06. The molecule has 0 aliphatic rings. The maximum atomic E-state index is 12.7. The second-order valence-corrected chi connectivity index (χ2v) is 3.06. The Labute approximate surface area is 71.9 Å². The van der Waals surface area contributed by atoms with Gasteiger partial charge in [0.1, 0.15) is 12.4 Å². The molecule has 1 N–H and O–H groups in total. The smallest absolute Gasteiger partial charge is 0.123 e. The third kappa shape index (κ3) is 1.83. The SMILES string of the molecule is CC(C)c1ccc(F)cc1[CH]O. The third-order valence-electron chi connectivity index (χ3n) is 1.81. The van der Waals surface area contributed by atoms with Crippen molar-refractivity contribution in [2.24, 2.45) is 0 Å². The van der Waals surface area contributed by atoms with Crippen molar-refractivity contribution in [3.63, 3.8) is 0 Å². The van der Waals surface area contributed by atoms with E-state index in [1.807, 2.05) is 13.8 Å². The molecule has 0 saturated heterocycles. The minimum absolute atomic E-state index is 0.295. The third-order valence-corrected chi connectivity index (χ3v) is 1.81. The van der Waals surface area contributed by atoms with Gasteiger partial charge in [0.2, 0.25) is 0 Å². The number of hydrogen-bond acceptors (Lipinski definition) is 1. The first kappa shape index (κ1) is 9.20. The largest absolute Gasteiger partial charge is 0.385 e. The van der Waals surface area contributed by atoms with Gasteiger partial charge in [-0.25, -0.2) is 4.39 Å². The first-order valence-electron chi connectivity index (χ1n) is 3.92. The molecule has 0 heterocycles. The molecule has 1 aromatic carbocycles. The first-order valence-corrected chi connectivity index (χ1v) is 3.92. The molecule has 1 rings (SSSR count). The second kappa shape index (κ2) is 3.68. The maximum Gasteiger partial charge on any atom is 0.123 e. The molecule has 1 nitrogen and oxygen atoms in total.